The van der Waals surface area contributed by atoms with Gasteiger partial charge in [0.25, 0.3) is 0 Å². The summed E-state index contributed by atoms with van der Waals surface area (Å²) in [6.07, 6.45) is 0. The Morgan fingerprint density at radius 1 is 1.29 bits per heavy atom. The first kappa shape index (κ1) is 15.6. The number of sulfonamides is 1. The Morgan fingerprint density at radius 3 is 2.67 bits per heavy atom. The third-order valence-electron chi connectivity index (χ3n) is 2.79. The molecule has 1 aromatic heterocycles. The number of aryl methyl sites for hydroxylation is 1. The minimum absolute atomic E-state index is 0.0602. The van der Waals surface area contributed by atoms with E-state index < -0.39 is 15.8 Å². The first-order chi connectivity index (χ1) is 9.92. The number of nitrogens with zero attached hydrogens (tertiary/aromatic N) is 1. The molecule has 114 valence electrons. The molecule has 1 aromatic carbocycles. The van der Waals surface area contributed by atoms with Crippen LogP contribution in [-0.2, 0) is 23.1 Å². The van der Waals surface area contributed by atoms with E-state index in [1.807, 2.05) is 0 Å². The van der Waals surface area contributed by atoms with Gasteiger partial charge in [-0.1, -0.05) is 11.2 Å². The lowest BCUT2D eigenvalue weighted by Crippen LogP contribution is -2.24. The second-order valence-corrected chi connectivity index (χ2v) is 6.28. The van der Waals surface area contributed by atoms with Gasteiger partial charge in [-0.3, -0.25) is 0 Å². The summed E-state index contributed by atoms with van der Waals surface area (Å²) in [6, 6.07) is 5.59. The minimum Gasteiger partial charge on any atom is -0.361 e. The molecule has 21 heavy (non-hydrogen) atoms. The van der Waals surface area contributed by atoms with Crippen molar-refractivity contribution in [2.45, 2.75) is 24.9 Å². The fourth-order valence-corrected chi connectivity index (χ4v) is 2.94. The number of hydrogen-bond donors (Lipinski definition) is 2. The van der Waals surface area contributed by atoms with Crippen LogP contribution in [0.1, 0.15) is 17.0 Å². The van der Waals surface area contributed by atoms with Crippen LogP contribution in [0.15, 0.2) is 33.7 Å². The Hall–Kier alpha value is -1.77. The molecule has 0 radical (unpaired) electrons. The van der Waals surface area contributed by atoms with Gasteiger partial charge in [-0.05, 0) is 31.7 Å². The van der Waals surface area contributed by atoms with Gasteiger partial charge in [0.15, 0.2) is 0 Å². The van der Waals surface area contributed by atoms with Gasteiger partial charge in [0.05, 0.1) is 12.2 Å². The van der Waals surface area contributed by atoms with E-state index in [4.69, 9.17) is 4.52 Å². The summed E-state index contributed by atoms with van der Waals surface area (Å²) >= 11 is 0. The van der Waals surface area contributed by atoms with Crippen LogP contribution in [0.5, 0.6) is 0 Å². The highest BCUT2D eigenvalue weighted by atomic mass is 32.2. The predicted molar refractivity (Wildman–Crippen MR) is 74.4 cm³/mol. The fourth-order valence-electron chi connectivity index (χ4n) is 1.82. The molecule has 2 aromatic rings. The lowest BCUT2D eigenvalue weighted by atomic mass is 10.2. The van der Waals surface area contributed by atoms with Crippen LogP contribution < -0.4 is 10.0 Å². The Kier molecular flexibility index (Phi) is 4.71. The first-order valence-corrected chi connectivity index (χ1v) is 7.75. The van der Waals surface area contributed by atoms with E-state index in [0.29, 0.717) is 23.6 Å². The zero-order valence-corrected chi connectivity index (χ0v) is 12.5. The number of nitrogens with one attached hydrogen (secondary N) is 2. The van der Waals surface area contributed by atoms with E-state index in [2.05, 4.69) is 15.2 Å². The molecule has 0 bridgehead atoms. The smallest absolute Gasteiger partial charge is 0.243 e. The lowest BCUT2D eigenvalue weighted by Gasteiger charge is -2.08. The van der Waals surface area contributed by atoms with Crippen molar-refractivity contribution in [2.75, 3.05) is 7.05 Å². The van der Waals surface area contributed by atoms with Crippen molar-refractivity contribution in [3.05, 3.63) is 47.1 Å². The molecule has 0 unspecified atom stereocenters. The molecule has 1 heterocycles. The summed E-state index contributed by atoms with van der Waals surface area (Å²) in [7, 11) is -2.23. The maximum absolute atomic E-state index is 13.8. The fraction of sp³-hybridized carbons (Fsp3) is 0.308. The summed E-state index contributed by atoms with van der Waals surface area (Å²) < 4.78 is 45.2. The monoisotopic (exact) mass is 313 g/mol. The molecule has 6 nitrogen and oxygen atoms in total. The Labute approximate surface area is 122 Å². The number of hydrogen-bond acceptors (Lipinski definition) is 5. The second-order valence-electron chi connectivity index (χ2n) is 4.55. The summed E-state index contributed by atoms with van der Waals surface area (Å²) in [6.45, 7) is 2.09. The topological polar surface area (TPSA) is 84.2 Å². The third kappa shape index (κ3) is 3.87. The van der Waals surface area contributed by atoms with Crippen molar-refractivity contribution in [3.63, 3.8) is 0 Å². The molecule has 8 heteroatoms. The zero-order chi connectivity index (χ0) is 15.5. The molecule has 0 spiro atoms. The Bertz CT molecular complexity index is 728. The van der Waals surface area contributed by atoms with Crippen LogP contribution in [0.3, 0.4) is 0 Å². The summed E-state index contributed by atoms with van der Waals surface area (Å²) in [5.74, 6) is -0.218. The summed E-state index contributed by atoms with van der Waals surface area (Å²) in [5, 5.41) is 6.56. The van der Waals surface area contributed by atoms with Crippen molar-refractivity contribution in [3.8, 4) is 0 Å². The molecule has 2 rings (SSSR count). The molecule has 0 saturated heterocycles. The van der Waals surface area contributed by atoms with E-state index in [0.717, 1.165) is 6.07 Å². The van der Waals surface area contributed by atoms with E-state index in [1.165, 1.54) is 12.1 Å². The van der Waals surface area contributed by atoms with Crippen molar-refractivity contribution in [1.29, 1.82) is 0 Å². The lowest BCUT2D eigenvalue weighted by molar-refractivity contribution is 0.390. The van der Waals surface area contributed by atoms with Gasteiger partial charge in [0.2, 0.25) is 10.0 Å². The van der Waals surface area contributed by atoms with Crippen molar-refractivity contribution < 1.29 is 17.3 Å². The molecular weight excluding hydrogens is 297 g/mol. The van der Waals surface area contributed by atoms with Gasteiger partial charge < -0.3 is 9.84 Å². The number of benzene rings is 1. The molecule has 2 N–H and O–H groups in total. The van der Waals surface area contributed by atoms with Crippen LogP contribution in [-0.4, -0.2) is 20.6 Å². The van der Waals surface area contributed by atoms with Crippen molar-refractivity contribution in [1.82, 2.24) is 15.2 Å². The summed E-state index contributed by atoms with van der Waals surface area (Å²) in [4.78, 5) is -0.379. The number of aromatic nitrogens is 1. The van der Waals surface area contributed by atoms with Gasteiger partial charge in [-0.15, -0.1) is 0 Å². The average Bonchev–Trinajstić information content (AvgIpc) is 2.85. The quantitative estimate of drug-likeness (QED) is 0.840. The molecule has 0 fully saturated rings. The first-order valence-electron chi connectivity index (χ1n) is 6.27. The molecule has 0 aliphatic carbocycles. The molecule has 0 aliphatic rings. The normalized spacial score (nSPS) is 11.8. The van der Waals surface area contributed by atoms with Crippen molar-refractivity contribution in [2.24, 2.45) is 0 Å². The maximum Gasteiger partial charge on any atom is 0.243 e. The van der Waals surface area contributed by atoms with E-state index in [1.54, 1.807) is 20.0 Å². The van der Waals surface area contributed by atoms with E-state index in [-0.39, 0.29) is 11.4 Å². The second kappa shape index (κ2) is 6.33. The van der Waals surface area contributed by atoms with Crippen molar-refractivity contribution >= 4 is 10.0 Å². The number of halogens is 1. The Balaban J connectivity index is 2.20. The maximum atomic E-state index is 13.8. The standard InChI is InChI=1S/C13H16FN3O3S/c1-9-5-11(17-20-9)8-16-21(18,19)13-6-10(7-15-2)3-4-12(13)14/h3-6,15-16H,7-8H2,1-2H3. The molecular formula is C13H16FN3O3S. The Morgan fingerprint density at radius 2 is 2.05 bits per heavy atom. The van der Waals surface area contributed by atoms with Gasteiger partial charge in [0, 0.05) is 12.6 Å². The number of rotatable bonds is 6. The van der Waals surface area contributed by atoms with Gasteiger partial charge in [-0.2, -0.15) is 0 Å². The van der Waals surface area contributed by atoms with Crippen LogP contribution in [0.25, 0.3) is 0 Å². The zero-order valence-electron chi connectivity index (χ0n) is 11.7. The van der Waals surface area contributed by atoms with Crippen LogP contribution in [0, 0.1) is 12.7 Å². The van der Waals surface area contributed by atoms with Crippen LogP contribution in [0.4, 0.5) is 4.39 Å². The largest absolute Gasteiger partial charge is 0.361 e. The van der Waals surface area contributed by atoms with Gasteiger partial charge in [-0.25, -0.2) is 17.5 Å². The molecule has 0 amide bonds. The van der Waals surface area contributed by atoms with E-state index in [9.17, 15) is 12.8 Å². The minimum atomic E-state index is -3.96. The summed E-state index contributed by atoms with van der Waals surface area (Å²) in [5.41, 5.74) is 1.11. The molecule has 0 saturated carbocycles. The van der Waals surface area contributed by atoms with Gasteiger partial charge in [0.1, 0.15) is 16.5 Å². The average molecular weight is 313 g/mol. The van der Waals surface area contributed by atoms with Gasteiger partial charge >= 0.3 is 0 Å². The SMILES string of the molecule is CNCc1ccc(F)c(S(=O)(=O)NCc2cc(C)on2)c1. The third-order valence-corrected chi connectivity index (χ3v) is 4.20. The van der Waals surface area contributed by atoms with Crippen LogP contribution >= 0.6 is 0 Å². The van der Waals surface area contributed by atoms with Crippen LogP contribution in [0.2, 0.25) is 0 Å². The molecule has 0 atom stereocenters. The highest BCUT2D eigenvalue weighted by molar-refractivity contribution is 7.89. The molecule has 0 aliphatic heterocycles. The highest BCUT2D eigenvalue weighted by Crippen LogP contribution is 2.17. The predicted octanol–water partition coefficient (Wildman–Crippen LogP) is 1.32. The highest BCUT2D eigenvalue weighted by Gasteiger charge is 2.20. The van der Waals surface area contributed by atoms with E-state index >= 15 is 0 Å².